The third-order valence-corrected chi connectivity index (χ3v) is 4.49. The van der Waals surface area contributed by atoms with Crippen LogP contribution in [-0.2, 0) is 4.79 Å². The maximum atomic E-state index is 12.6. The van der Waals surface area contributed by atoms with E-state index >= 15 is 0 Å². The number of nitrogens with one attached hydrogen (secondary N) is 1. The van der Waals surface area contributed by atoms with Gasteiger partial charge < -0.3 is 15.3 Å². The lowest BCUT2D eigenvalue weighted by atomic mass is 9.91. The molecular formula is C17H23N3O5. The molecule has 25 heavy (non-hydrogen) atoms. The average Bonchev–Trinajstić information content (AvgIpc) is 2.58. The molecule has 136 valence electrons. The molecule has 1 aromatic carbocycles. The lowest BCUT2D eigenvalue weighted by molar-refractivity contribution is -0.384. The maximum absolute atomic E-state index is 12.6. The first-order chi connectivity index (χ1) is 11.8. The van der Waals surface area contributed by atoms with Gasteiger partial charge in [-0.25, -0.2) is 4.79 Å². The fourth-order valence-corrected chi connectivity index (χ4v) is 3.21. The van der Waals surface area contributed by atoms with Gasteiger partial charge in [-0.1, -0.05) is 26.0 Å². The number of nitro groups is 1. The minimum atomic E-state index is -0.893. The van der Waals surface area contributed by atoms with Gasteiger partial charge >= 0.3 is 12.0 Å². The van der Waals surface area contributed by atoms with Crippen LogP contribution in [0.2, 0.25) is 0 Å². The number of benzene rings is 1. The van der Waals surface area contributed by atoms with Gasteiger partial charge in [0.05, 0.1) is 16.9 Å². The molecule has 1 heterocycles. The van der Waals surface area contributed by atoms with Crippen molar-refractivity contribution >= 4 is 17.7 Å². The van der Waals surface area contributed by atoms with Gasteiger partial charge in [-0.05, 0) is 24.3 Å². The Hall–Kier alpha value is -2.64. The number of carboxylic acids is 1. The van der Waals surface area contributed by atoms with E-state index in [1.807, 2.05) is 13.8 Å². The molecule has 8 nitrogen and oxygen atoms in total. The van der Waals surface area contributed by atoms with E-state index in [-0.39, 0.29) is 30.2 Å². The van der Waals surface area contributed by atoms with Crippen molar-refractivity contribution < 1.29 is 19.6 Å². The van der Waals surface area contributed by atoms with E-state index in [4.69, 9.17) is 0 Å². The summed E-state index contributed by atoms with van der Waals surface area (Å²) >= 11 is 0. The minimum absolute atomic E-state index is 0.0252. The summed E-state index contributed by atoms with van der Waals surface area (Å²) in [6, 6.07) is 5.48. The molecule has 0 radical (unpaired) electrons. The van der Waals surface area contributed by atoms with Crippen LogP contribution in [0.1, 0.15) is 38.3 Å². The molecule has 0 spiro atoms. The summed E-state index contributed by atoms with van der Waals surface area (Å²) in [4.78, 5) is 35.8. The molecule has 0 saturated carbocycles. The normalized spacial score (nSPS) is 21.4. The smallest absolute Gasteiger partial charge is 0.317 e. The monoisotopic (exact) mass is 349 g/mol. The Labute approximate surface area is 146 Å². The number of nitrogens with zero attached hydrogens (tertiary/aromatic N) is 2. The van der Waals surface area contributed by atoms with Crippen LogP contribution in [0.25, 0.3) is 0 Å². The summed E-state index contributed by atoms with van der Waals surface area (Å²) in [5.41, 5.74) is 0.632. The Kier molecular flexibility index (Phi) is 5.95. The van der Waals surface area contributed by atoms with Gasteiger partial charge in [-0.2, -0.15) is 0 Å². The van der Waals surface area contributed by atoms with Gasteiger partial charge in [0.25, 0.3) is 5.69 Å². The van der Waals surface area contributed by atoms with Gasteiger partial charge in [0.15, 0.2) is 0 Å². The van der Waals surface area contributed by atoms with Gasteiger partial charge in [0.2, 0.25) is 0 Å². The molecule has 1 aliphatic rings. The highest BCUT2D eigenvalue weighted by Gasteiger charge is 2.32. The number of urea groups is 1. The Balaban J connectivity index is 2.10. The van der Waals surface area contributed by atoms with Gasteiger partial charge in [-0.15, -0.1) is 0 Å². The van der Waals surface area contributed by atoms with Crippen LogP contribution in [0.15, 0.2) is 24.3 Å². The number of nitro benzene ring substituents is 1. The summed E-state index contributed by atoms with van der Waals surface area (Å²) in [7, 11) is 0. The molecule has 1 fully saturated rings. The van der Waals surface area contributed by atoms with Crippen molar-refractivity contribution in [1.29, 1.82) is 0 Å². The number of non-ortho nitro benzene ring substituents is 1. The highest BCUT2D eigenvalue weighted by atomic mass is 16.6. The zero-order chi connectivity index (χ0) is 18.6. The molecule has 3 unspecified atom stereocenters. The summed E-state index contributed by atoms with van der Waals surface area (Å²) in [6.45, 7) is 4.48. The number of piperidine rings is 1. The lowest BCUT2D eigenvalue weighted by Gasteiger charge is -2.35. The van der Waals surface area contributed by atoms with Crippen molar-refractivity contribution in [2.24, 2.45) is 11.8 Å². The standard InChI is InChI=1S/C17H23N3O5/c1-3-15(12-5-4-6-14(8-12)20(24)25)18-17(23)19-9-11(2)7-13(10-19)16(21)22/h4-6,8,11,13,15H,3,7,9-10H2,1-2H3,(H,18,23)(H,21,22). The van der Waals surface area contributed by atoms with E-state index in [1.54, 1.807) is 12.1 Å². The second-order valence-corrected chi connectivity index (χ2v) is 6.54. The quantitative estimate of drug-likeness (QED) is 0.627. The number of likely N-dealkylation sites (tertiary alicyclic amines) is 1. The first kappa shape index (κ1) is 18.7. The molecule has 1 saturated heterocycles. The zero-order valence-electron chi connectivity index (χ0n) is 14.3. The summed E-state index contributed by atoms with van der Waals surface area (Å²) in [5, 5.41) is 23.0. The van der Waals surface area contributed by atoms with Crippen molar-refractivity contribution in [3.8, 4) is 0 Å². The van der Waals surface area contributed by atoms with E-state index in [1.165, 1.54) is 17.0 Å². The summed E-state index contributed by atoms with van der Waals surface area (Å²) in [6.07, 6.45) is 1.12. The number of amides is 2. The molecule has 2 amide bonds. The molecule has 2 rings (SSSR count). The molecule has 3 atom stereocenters. The van der Waals surface area contributed by atoms with Crippen LogP contribution in [0.3, 0.4) is 0 Å². The van der Waals surface area contributed by atoms with Crippen molar-refractivity contribution in [1.82, 2.24) is 10.2 Å². The van der Waals surface area contributed by atoms with Gasteiger partial charge in [0, 0.05) is 25.2 Å². The first-order valence-electron chi connectivity index (χ1n) is 8.34. The minimum Gasteiger partial charge on any atom is -0.481 e. The highest BCUT2D eigenvalue weighted by molar-refractivity contribution is 5.77. The lowest BCUT2D eigenvalue weighted by Crippen LogP contribution is -2.50. The van der Waals surface area contributed by atoms with E-state index in [9.17, 15) is 24.8 Å². The molecular weight excluding hydrogens is 326 g/mol. The second-order valence-electron chi connectivity index (χ2n) is 6.54. The summed E-state index contributed by atoms with van der Waals surface area (Å²) in [5.74, 6) is -1.35. The average molecular weight is 349 g/mol. The van der Waals surface area contributed by atoms with E-state index < -0.39 is 16.8 Å². The number of aliphatic carboxylic acids is 1. The number of carbonyl (C=O) groups excluding carboxylic acids is 1. The van der Waals surface area contributed by atoms with Crippen molar-refractivity contribution in [2.75, 3.05) is 13.1 Å². The van der Waals surface area contributed by atoms with E-state index in [2.05, 4.69) is 5.32 Å². The fraction of sp³-hybridized carbons (Fsp3) is 0.529. The van der Waals surface area contributed by atoms with Crippen molar-refractivity contribution in [3.63, 3.8) is 0 Å². The number of carboxylic acid groups (broad SMARTS) is 1. The van der Waals surface area contributed by atoms with Crippen LogP contribution >= 0.6 is 0 Å². The first-order valence-corrected chi connectivity index (χ1v) is 8.34. The predicted molar refractivity (Wildman–Crippen MR) is 91.1 cm³/mol. The van der Waals surface area contributed by atoms with Crippen molar-refractivity contribution in [3.05, 3.63) is 39.9 Å². The Bertz CT molecular complexity index is 663. The Morgan fingerprint density at radius 3 is 2.76 bits per heavy atom. The zero-order valence-corrected chi connectivity index (χ0v) is 14.3. The highest BCUT2D eigenvalue weighted by Crippen LogP contribution is 2.24. The molecule has 1 aliphatic heterocycles. The molecule has 2 N–H and O–H groups in total. The number of hydrogen-bond donors (Lipinski definition) is 2. The molecule has 0 aliphatic carbocycles. The maximum Gasteiger partial charge on any atom is 0.317 e. The summed E-state index contributed by atoms with van der Waals surface area (Å²) < 4.78 is 0. The van der Waals surface area contributed by atoms with E-state index in [0.717, 1.165) is 0 Å². The predicted octanol–water partition coefficient (Wildman–Crippen LogP) is 2.80. The van der Waals surface area contributed by atoms with E-state index in [0.29, 0.717) is 24.9 Å². The molecule has 1 aromatic rings. The Morgan fingerprint density at radius 1 is 1.44 bits per heavy atom. The second kappa shape index (κ2) is 7.96. The van der Waals surface area contributed by atoms with Gasteiger partial charge in [-0.3, -0.25) is 14.9 Å². The third kappa shape index (κ3) is 4.68. The molecule has 8 heteroatoms. The van der Waals surface area contributed by atoms with Crippen LogP contribution in [0.4, 0.5) is 10.5 Å². The van der Waals surface area contributed by atoms with Gasteiger partial charge in [0.1, 0.15) is 0 Å². The van der Waals surface area contributed by atoms with Crippen LogP contribution in [-0.4, -0.2) is 40.0 Å². The van der Waals surface area contributed by atoms with Crippen LogP contribution < -0.4 is 5.32 Å². The van der Waals surface area contributed by atoms with Crippen molar-refractivity contribution in [2.45, 2.75) is 32.7 Å². The topological polar surface area (TPSA) is 113 Å². The molecule has 0 bridgehead atoms. The van der Waals surface area contributed by atoms with Crippen LogP contribution in [0.5, 0.6) is 0 Å². The number of rotatable bonds is 5. The number of hydrogen-bond acceptors (Lipinski definition) is 4. The Morgan fingerprint density at radius 2 is 2.16 bits per heavy atom. The molecule has 0 aromatic heterocycles. The third-order valence-electron chi connectivity index (χ3n) is 4.49. The number of carbonyl (C=O) groups is 2. The SMILES string of the molecule is CCC(NC(=O)N1CC(C)CC(C(=O)O)C1)c1cccc([N+](=O)[O-])c1. The fourth-order valence-electron chi connectivity index (χ4n) is 3.21. The van der Waals surface area contributed by atoms with Crippen LogP contribution in [0, 0.1) is 22.0 Å². The largest absolute Gasteiger partial charge is 0.481 e.